The third-order valence-electron chi connectivity index (χ3n) is 1.43. The molecule has 1 aromatic rings. The minimum Gasteiger partial charge on any atom is -0.505 e. The predicted molar refractivity (Wildman–Crippen MR) is 39.8 cm³/mol. The number of hydrogen-bond acceptors (Lipinski definition) is 3. The third kappa shape index (κ3) is 2.10. The van der Waals surface area contributed by atoms with Gasteiger partial charge < -0.3 is 5.11 Å². The van der Waals surface area contributed by atoms with Gasteiger partial charge in [-0.3, -0.25) is 0 Å². The number of nitrogens with zero attached hydrogens (tertiary/aromatic N) is 1. The summed E-state index contributed by atoms with van der Waals surface area (Å²) in [5.41, 5.74) is -0.0985. The fourth-order valence-corrected chi connectivity index (χ4v) is 0.816. The number of isocyanates is 1. The monoisotopic (exact) mass is 185 g/mol. The zero-order valence-electron chi connectivity index (χ0n) is 6.42. The van der Waals surface area contributed by atoms with Gasteiger partial charge in [0.25, 0.3) is 0 Å². The normalized spacial score (nSPS) is 9.38. The summed E-state index contributed by atoms with van der Waals surface area (Å²) in [6.45, 7) is -0.285. The SMILES string of the molecule is O=C=NCc1cc(F)c(O)cc1F. The van der Waals surface area contributed by atoms with Crippen LogP contribution in [-0.2, 0) is 11.3 Å². The van der Waals surface area contributed by atoms with Gasteiger partial charge in [-0.25, -0.2) is 18.6 Å². The van der Waals surface area contributed by atoms with E-state index in [0.29, 0.717) is 6.07 Å². The van der Waals surface area contributed by atoms with E-state index in [9.17, 15) is 13.6 Å². The van der Waals surface area contributed by atoms with E-state index in [1.165, 1.54) is 6.08 Å². The van der Waals surface area contributed by atoms with Crippen molar-refractivity contribution in [3.8, 4) is 5.75 Å². The maximum absolute atomic E-state index is 12.8. The Bertz CT molecular complexity index is 373. The fourth-order valence-electron chi connectivity index (χ4n) is 0.816. The minimum atomic E-state index is -0.947. The number of benzene rings is 1. The molecule has 0 fully saturated rings. The molecule has 68 valence electrons. The number of aromatic hydroxyl groups is 1. The van der Waals surface area contributed by atoms with Crippen molar-refractivity contribution in [2.75, 3.05) is 0 Å². The van der Waals surface area contributed by atoms with Crippen molar-refractivity contribution in [1.29, 1.82) is 0 Å². The molecular weight excluding hydrogens is 180 g/mol. The van der Waals surface area contributed by atoms with E-state index in [2.05, 4.69) is 4.99 Å². The van der Waals surface area contributed by atoms with Crippen molar-refractivity contribution in [3.05, 3.63) is 29.3 Å². The van der Waals surface area contributed by atoms with Gasteiger partial charge in [0, 0.05) is 11.6 Å². The Morgan fingerprint density at radius 2 is 2.08 bits per heavy atom. The lowest BCUT2D eigenvalue weighted by Crippen LogP contribution is -1.90. The molecule has 0 aliphatic rings. The molecular formula is C8H5F2NO2. The van der Waals surface area contributed by atoms with Gasteiger partial charge in [0.15, 0.2) is 11.6 Å². The zero-order chi connectivity index (χ0) is 9.84. The lowest BCUT2D eigenvalue weighted by molar-refractivity contribution is 0.425. The van der Waals surface area contributed by atoms with Crippen LogP contribution in [0, 0.1) is 11.6 Å². The molecule has 0 aliphatic heterocycles. The maximum Gasteiger partial charge on any atom is 0.235 e. The molecule has 3 nitrogen and oxygen atoms in total. The van der Waals surface area contributed by atoms with Crippen LogP contribution in [0.3, 0.4) is 0 Å². The molecule has 0 bridgehead atoms. The highest BCUT2D eigenvalue weighted by molar-refractivity contribution is 5.35. The van der Waals surface area contributed by atoms with Crippen LogP contribution < -0.4 is 0 Å². The summed E-state index contributed by atoms with van der Waals surface area (Å²) in [7, 11) is 0. The maximum atomic E-state index is 12.8. The van der Waals surface area contributed by atoms with E-state index in [0.717, 1.165) is 6.07 Å². The number of carbonyl (C=O) groups excluding carboxylic acids is 1. The number of phenolic OH excluding ortho intramolecular Hbond substituents is 1. The van der Waals surface area contributed by atoms with Crippen molar-refractivity contribution in [2.45, 2.75) is 6.54 Å². The second-order valence-electron chi connectivity index (χ2n) is 2.30. The highest BCUT2D eigenvalue weighted by Crippen LogP contribution is 2.20. The first kappa shape index (κ1) is 9.35. The van der Waals surface area contributed by atoms with Crippen LogP contribution in [0.25, 0.3) is 0 Å². The summed E-state index contributed by atoms with van der Waals surface area (Å²) in [5.74, 6) is -2.52. The van der Waals surface area contributed by atoms with Gasteiger partial charge in [-0.2, -0.15) is 0 Å². The van der Waals surface area contributed by atoms with Crippen LogP contribution in [-0.4, -0.2) is 11.2 Å². The topological polar surface area (TPSA) is 49.7 Å². The van der Waals surface area contributed by atoms with E-state index in [1.54, 1.807) is 0 Å². The number of aliphatic imine (C=N–C) groups is 1. The van der Waals surface area contributed by atoms with Crippen LogP contribution in [0.4, 0.5) is 8.78 Å². The van der Waals surface area contributed by atoms with Crippen molar-refractivity contribution < 1.29 is 18.7 Å². The van der Waals surface area contributed by atoms with Crippen LogP contribution in [0.5, 0.6) is 5.75 Å². The van der Waals surface area contributed by atoms with Gasteiger partial charge in [0.1, 0.15) is 5.82 Å². The molecule has 0 saturated heterocycles. The molecule has 5 heteroatoms. The van der Waals surface area contributed by atoms with Crippen molar-refractivity contribution in [3.63, 3.8) is 0 Å². The molecule has 0 aromatic heterocycles. The minimum absolute atomic E-state index is 0.0985. The number of hydrogen-bond donors (Lipinski definition) is 1. The lowest BCUT2D eigenvalue weighted by Gasteiger charge is -2.00. The van der Waals surface area contributed by atoms with Crippen molar-refractivity contribution >= 4 is 6.08 Å². The highest BCUT2D eigenvalue weighted by Gasteiger charge is 2.07. The standard InChI is InChI=1S/C8H5F2NO2/c9-6-2-8(13)7(10)1-5(6)3-11-4-12/h1-2,13H,3H2. The zero-order valence-corrected chi connectivity index (χ0v) is 6.42. The molecule has 1 rings (SSSR count). The number of halogens is 2. The molecule has 0 amide bonds. The fraction of sp³-hybridized carbons (Fsp3) is 0.125. The van der Waals surface area contributed by atoms with Crippen LogP contribution in [0.1, 0.15) is 5.56 Å². The first-order chi connectivity index (χ1) is 6.15. The summed E-state index contributed by atoms with van der Waals surface area (Å²) >= 11 is 0. The summed E-state index contributed by atoms with van der Waals surface area (Å²) in [6, 6.07) is 1.41. The van der Waals surface area contributed by atoms with Crippen molar-refractivity contribution in [2.24, 2.45) is 4.99 Å². The van der Waals surface area contributed by atoms with Gasteiger partial charge in [-0.05, 0) is 6.07 Å². The Balaban J connectivity index is 3.07. The number of rotatable bonds is 2. The summed E-state index contributed by atoms with van der Waals surface area (Å²) in [5, 5.41) is 8.73. The molecule has 0 atom stereocenters. The van der Waals surface area contributed by atoms with Gasteiger partial charge in [-0.1, -0.05) is 0 Å². The van der Waals surface area contributed by atoms with Crippen LogP contribution in [0.15, 0.2) is 17.1 Å². The van der Waals surface area contributed by atoms with Gasteiger partial charge in [0.2, 0.25) is 6.08 Å². The Morgan fingerprint density at radius 1 is 1.38 bits per heavy atom. The van der Waals surface area contributed by atoms with E-state index < -0.39 is 17.4 Å². The average molecular weight is 185 g/mol. The van der Waals surface area contributed by atoms with Crippen molar-refractivity contribution in [1.82, 2.24) is 0 Å². The van der Waals surface area contributed by atoms with E-state index in [-0.39, 0.29) is 12.1 Å². The molecule has 1 N–H and O–H groups in total. The molecule has 1 aromatic carbocycles. The summed E-state index contributed by atoms with van der Waals surface area (Å²) < 4.78 is 25.5. The van der Waals surface area contributed by atoms with E-state index in [1.807, 2.05) is 0 Å². The molecule has 0 aliphatic carbocycles. The highest BCUT2D eigenvalue weighted by atomic mass is 19.1. The molecule has 0 spiro atoms. The Hall–Kier alpha value is -1.74. The largest absolute Gasteiger partial charge is 0.505 e. The predicted octanol–water partition coefficient (Wildman–Crippen LogP) is 1.51. The molecule has 0 heterocycles. The second kappa shape index (κ2) is 3.78. The van der Waals surface area contributed by atoms with Gasteiger partial charge in [-0.15, -0.1) is 0 Å². The molecule has 0 saturated carbocycles. The second-order valence-corrected chi connectivity index (χ2v) is 2.30. The van der Waals surface area contributed by atoms with Crippen LogP contribution >= 0.6 is 0 Å². The molecule has 0 radical (unpaired) electrons. The lowest BCUT2D eigenvalue weighted by atomic mass is 10.2. The Labute approximate surface area is 72.3 Å². The van der Waals surface area contributed by atoms with E-state index >= 15 is 0 Å². The first-order valence-corrected chi connectivity index (χ1v) is 3.35. The van der Waals surface area contributed by atoms with Crippen LogP contribution in [0.2, 0.25) is 0 Å². The quantitative estimate of drug-likeness (QED) is 0.560. The Morgan fingerprint density at radius 3 is 2.69 bits per heavy atom. The summed E-state index contributed by atoms with van der Waals surface area (Å²) in [4.78, 5) is 12.8. The summed E-state index contributed by atoms with van der Waals surface area (Å²) in [6.07, 6.45) is 1.20. The first-order valence-electron chi connectivity index (χ1n) is 3.35. The third-order valence-corrected chi connectivity index (χ3v) is 1.43. The average Bonchev–Trinajstić information content (AvgIpc) is 2.09. The molecule has 0 unspecified atom stereocenters. The molecule has 13 heavy (non-hydrogen) atoms. The smallest absolute Gasteiger partial charge is 0.235 e. The van der Waals surface area contributed by atoms with Gasteiger partial charge in [0.05, 0.1) is 6.54 Å². The Kier molecular flexibility index (Phi) is 2.72. The number of phenols is 1. The van der Waals surface area contributed by atoms with E-state index in [4.69, 9.17) is 5.11 Å². The van der Waals surface area contributed by atoms with Gasteiger partial charge >= 0.3 is 0 Å².